The van der Waals surface area contributed by atoms with Gasteiger partial charge in [-0.3, -0.25) is 14.9 Å². The summed E-state index contributed by atoms with van der Waals surface area (Å²) in [6.45, 7) is 2.18. The molecule has 0 aliphatic rings. The van der Waals surface area contributed by atoms with Crippen molar-refractivity contribution in [2.45, 2.75) is 64.7 Å². The highest BCUT2D eigenvalue weighted by Gasteiger charge is 2.14. The molecule has 134 valence electrons. The van der Waals surface area contributed by atoms with E-state index in [1.165, 1.54) is 44.9 Å². The van der Waals surface area contributed by atoms with E-state index in [-0.39, 0.29) is 23.8 Å². The summed E-state index contributed by atoms with van der Waals surface area (Å²) < 4.78 is 9.62. The van der Waals surface area contributed by atoms with Crippen LogP contribution in [0.15, 0.2) is 16.5 Å². The lowest BCUT2D eigenvalue weighted by atomic mass is 10.1. The lowest BCUT2D eigenvalue weighted by Gasteiger charge is -2.03. The Morgan fingerprint density at radius 1 is 1.04 bits per heavy atom. The number of anilines is 1. The van der Waals surface area contributed by atoms with Crippen LogP contribution in [-0.2, 0) is 14.3 Å². The van der Waals surface area contributed by atoms with Crippen LogP contribution in [0.5, 0.6) is 0 Å². The number of furan rings is 1. The number of carbonyl (C=O) groups excluding carboxylic acids is 3. The van der Waals surface area contributed by atoms with E-state index in [1.807, 2.05) is 0 Å². The number of unbranched alkanes of at least 4 members (excludes halogenated alkanes) is 6. The van der Waals surface area contributed by atoms with Gasteiger partial charge >= 0.3 is 5.97 Å². The minimum atomic E-state index is -0.620. The van der Waals surface area contributed by atoms with Gasteiger partial charge in [0.2, 0.25) is 17.6 Å². The van der Waals surface area contributed by atoms with Crippen molar-refractivity contribution in [3.8, 4) is 0 Å². The molecule has 0 radical (unpaired) electrons. The molecule has 1 amide bonds. The fourth-order valence-corrected chi connectivity index (χ4v) is 2.34. The average molecular weight is 337 g/mol. The summed E-state index contributed by atoms with van der Waals surface area (Å²) >= 11 is 0. The molecule has 0 aromatic carbocycles. The van der Waals surface area contributed by atoms with Crippen molar-refractivity contribution in [1.82, 2.24) is 0 Å². The molecule has 0 bridgehead atoms. The van der Waals surface area contributed by atoms with Gasteiger partial charge in [0, 0.05) is 12.5 Å². The lowest BCUT2D eigenvalue weighted by molar-refractivity contribution is -0.125. The van der Waals surface area contributed by atoms with Crippen molar-refractivity contribution in [2.75, 3.05) is 12.4 Å². The molecule has 0 atom stereocenters. The Morgan fingerprint density at radius 3 is 2.38 bits per heavy atom. The lowest BCUT2D eigenvalue weighted by Crippen LogP contribution is -2.16. The molecule has 6 heteroatoms. The van der Waals surface area contributed by atoms with E-state index in [0.29, 0.717) is 6.42 Å². The molecule has 1 aromatic heterocycles. The summed E-state index contributed by atoms with van der Waals surface area (Å²) in [5.74, 6) is -1.01. The van der Waals surface area contributed by atoms with Crippen LogP contribution in [-0.4, -0.2) is 24.8 Å². The zero-order chi connectivity index (χ0) is 17.8. The zero-order valence-corrected chi connectivity index (χ0v) is 14.6. The molecule has 0 fully saturated rings. The van der Waals surface area contributed by atoms with Crippen molar-refractivity contribution in [2.24, 2.45) is 0 Å². The number of esters is 1. The third kappa shape index (κ3) is 7.94. The van der Waals surface area contributed by atoms with E-state index >= 15 is 0 Å². The number of amides is 1. The molecule has 0 aliphatic carbocycles. The fourth-order valence-electron chi connectivity index (χ4n) is 2.34. The van der Waals surface area contributed by atoms with E-state index < -0.39 is 11.9 Å². The average Bonchev–Trinajstić information content (AvgIpc) is 3.01. The first-order valence-corrected chi connectivity index (χ1v) is 8.56. The van der Waals surface area contributed by atoms with Gasteiger partial charge in [-0.1, -0.05) is 45.4 Å². The normalized spacial score (nSPS) is 10.4. The maximum atomic E-state index is 11.8. The molecule has 1 N–H and O–H groups in total. The molecule has 6 nitrogen and oxygen atoms in total. The number of hydrogen-bond donors (Lipinski definition) is 1. The number of hydrogen-bond acceptors (Lipinski definition) is 5. The van der Waals surface area contributed by atoms with E-state index in [9.17, 15) is 14.4 Å². The summed E-state index contributed by atoms with van der Waals surface area (Å²) in [4.78, 5) is 34.8. The second-order valence-electron chi connectivity index (χ2n) is 5.79. The van der Waals surface area contributed by atoms with Crippen molar-refractivity contribution in [3.63, 3.8) is 0 Å². The molecular weight excluding hydrogens is 310 g/mol. The van der Waals surface area contributed by atoms with Crippen molar-refractivity contribution < 1.29 is 23.5 Å². The van der Waals surface area contributed by atoms with Gasteiger partial charge in [-0.05, 0) is 12.5 Å². The Labute approximate surface area is 142 Å². The number of ketones is 1. The van der Waals surface area contributed by atoms with Gasteiger partial charge in [0.25, 0.3) is 0 Å². The highest BCUT2D eigenvalue weighted by atomic mass is 16.5. The molecule has 0 unspecified atom stereocenters. The summed E-state index contributed by atoms with van der Waals surface area (Å²) in [6, 6.07) is 2.85. The fraction of sp³-hybridized carbons (Fsp3) is 0.611. The van der Waals surface area contributed by atoms with Crippen molar-refractivity contribution >= 4 is 23.5 Å². The third-order valence-corrected chi connectivity index (χ3v) is 3.67. The highest BCUT2D eigenvalue weighted by Crippen LogP contribution is 2.15. The minimum Gasteiger partial charge on any atom is -0.463 e. The quantitative estimate of drug-likeness (QED) is 0.352. The number of methoxy groups -OCH3 is 1. The number of carbonyl (C=O) groups is 3. The van der Waals surface area contributed by atoms with Crippen molar-refractivity contribution in [1.29, 1.82) is 0 Å². The van der Waals surface area contributed by atoms with Gasteiger partial charge in [-0.25, -0.2) is 4.79 Å². The summed E-state index contributed by atoms with van der Waals surface area (Å²) in [7, 11) is 1.24. The van der Waals surface area contributed by atoms with Crippen LogP contribution in [0, 0.1) is 0 Å². The second kappa shape index (κ2) is 11.4. The van der Waals surface area contributed by atoms with Gasteiger partial charge in [-0.2, -0.15) is 0 Å². The topological polar surface area (TPSA) is 85.6 Å². The number of nitrogens with one attached hydrogen (secondary N) is 1. The van der Waals surface area contributed by atoms with Crippen LogP contribution >= 0.6 is 0 Å². The maximum Gasteiger partial charge on any atom is 0.374 e. The summed E-state index contributed by atoms with van der Waals surface area (Å²) in [5.41, 5.74) is 0. The molecule has 24 heavy (non-hydrogen) atoms. The SMILES string of the molecule is CCCCCCCCCC(=O)CC(=O)Nc1ccc(C(=O)OC)o1. The van der Waals surface area contributed by atoms with Crippen LogP contribution in [0.3, 0.4) is 0 Å². The molecule has 1 aromatic rings. The molecule has 0 spiro atoms. The Hall–Kier alpha value is -2.11. The minimum absolute atomic E-state index is 0.00204. The van der Waals surface area contributed by atoms with Crippen LogP contribution in [0.4, 0.5) is 5.88 Å². The zero-order valence-electron chi connectivity index (χ0n) is 14.6. The Kier molecular flexibility index (Phi) is 9.49. The van der Waals surface area contributed by atoms with Gasteiger partial charge in [0.05, 0.1) is 13.5 Å². The van der Waals surface area contributed by atoms with Gasteiger partial charge < -0.3 is 9.15 Å². The number of rotatable bonds is 12. The molecule has 1 heterocycles. The highest BCUT2D eigenvalue weighted by molar-refractivity contribution is 6.03. The Balaban J connectivity index is 2.19. The molecule has 0 saturated heterocycles. The molecular formula is C18H27NO5. The van der Waals surface area contributed by atoms with Crippen LogP contribution in [0.25, 0.3) is 0 Å². The molecule has 1 rings (SSSR count). The largest absolute Gasteiger partial charge is 0.463 e. The predicted molar refractivity (Wildman–Crippen MR) is 90.9 cm³/mol. The first kappa shape index (κ1) is 19.9. The number of ether oxygens (including phenoxy) is 1. The van der Waals surface area contributed by atoms with Crippen LogP contribution < -0.4 is 5.32 Å². The van der Waals surface area contributed by atoms with Crippen LogP contribution in [0.1, 0.15) is 75.3 Å². The third-order valence-electron chi connectivity index (χ3n) is 3.67. The molecule has 0 aliphatic heterocycles. The predicted octanol–water partition coefficient (Wildman–Crippen LogP) is 4.10. The first-order chi connectivity index (χ1) is 11.6. The summed E-state index contributed by atoms with van der Waals surface area (Å²) in [6.07, 6.45) is 8.20. The monoisotopic (exact) mass is 337 g/mol. The Morgan fingerprint density at radius 2 is 1.71 bits per heavy atom. The molecule has 0 saturated carbocycles. The smallest absolute Gasteiger partial charge is 0.374 e. The van der Waals surface area contributed by atoms with E-state index in [1.54, 1.807) is 0 Å². The van der Waals surface area contributed by atoms with E-state index in [4.69, 9.17) is 4.42 Å². The van der Waals surface area contributed by atoms with Gasteiger partial charge in [0.15, 0.2) is 0 Å². The van der Waals surface area contributed by atoms with Gasteiger partial charge in [0.1, 0.15) is 5.78 Å². The maximum absolute atomic E-state index is 11.8. The van der Waals surface area contributed by atoms with Crippen molar-refractivity contribution in [3.05, 3.63) is 17.9 Å². The van der Waals surface area contributed by atoms with E-state index in [0.717, 1.165) is 19.3 Å². The standard InChI is InChI=1S/C18H27NO5/c1-3-4-5-6-7-8-9-10-14(20)13-16(21)19-17-12-11-15(24-17)18(22)23-2/h11-12H,3-10,13H2,1-2H3,(H,19,21). The summed E-state index contributed by atoms with van der Waals surface area (Å²) in [5, 5.41) is 2.46. The van der Waals surface area contributed by atoms with Gasteiger partial charge in [-0.15, -0.1) is 0 Å². The second-order valence-corrected chi connectivity index (χ2v) is 5.79. The Bertz CT molecular complexity index is 535. The first-order valence-electron chi connectivity index (χ1n) is 8.56. The van der Waals surface area contributed by atoms with E-state index in [2.05, 4.69) is 17.0 Å². The van der Waals surface area contributed by atoms with Crippen LogP contribution in [0.2, 0.25) is 0 Å². The number of Topliss-reactive ketones (excluding diaryl/α,β-unsaturated/α-hetero) is 1.